The predicted octanol–water partition coefficient (Wildman–Crippen LogP) is 8.21. The van der Waals surface area contributed by atoms with Gasteiger partial charge in [0.2, 0.25) is 0 Å². The van der Waals surface area contributed by atoms with Crippen LogP contribution >= 0.6 is 23.2 Å². The van der Waals surface area contributed by atoms with Crippen molar-refractivity contribution in [1.29, 1.82) is 0 Å². The molecule has 0 unspecified atom stereocenters. The Kier molecular flexibility index (Phi) is 7.29. The zero-order valence-electron chi connectivity index (χ0n) is 19.6. The van der Waals surface area contributed by atoms with E-state index < -0.39 is 5.97 Å². The monoisotopic (exact) mass is 505 g/mol. The largest absolute Gasteiger partial charge is 0.481 e. The normalized spacial score (nSPS) is 13.9. The summed E-state index contributed by atoms with van der Waals surface area (Å²) in [5.41, 5.74) is 9.75. The van der Waals surface area contributed by atoms with E-state index in [9.17, 15) is 0 Å². The Labute approximate surface area is 215 Å². The fourth-order valence-corrected chi connectivity index (χ4v) is 4.23. The van der Waals surface area contributed by atoms with Gasteiger partial charge in [0.15, 0.2) is 0 Å². The second kappa shape index (κ2) is 10.4. The highest BCUT2D eigenvalue weighted by Gasteiger charge is 2.29. The lowest BCUT2D eigenvalue weighted by atomic mass is 9.97. The Bertz CT molecular complexity index is 1350. The number of carbonyl (C=O) groups is 1. The maximum atomic E-state index is 9.00. The van der Waals surface area contributed by atoms with E-state index in [1.807, 2.05) is 36.4 Å². The van der Waals surface area contributed by atoms with E-state index in [2.05, 4.69) is 60.5 Å². The van der Waals surface area contributed by atoms with Gasteiger partial charge in [-0.1, -0.05) is 35.3 Å². The molecule has 0 saturated heterocycles. The number of aliphatic imine (C=N–C) groups is 1. The van der Waals surface area contributed by atoms with E-state index in [-0.39, 0.29) is 0 Å². The third-order valence-corrected chi connectivity index (χ3v) is 6.21. The molecule has 0 radical (unpaired) electrons. The molecule has 0 bridgehead atoms. The van der Waals surface area contributed by atoms with Crippen molar-refractivity contribution in [2.24, 2.45) is 4.99 Å². The van der Waals surface area contributed by atoms with Gasteiger partial charge in [0.05, 0.1) is 22.8 Å². The summed E-state index contributed by atoms with van der Waals surface area (Å²) < 4.78 is 0. The zero-order chi connectivity index (χ0) is 25.1. The minimum absolute atomic E-state index is 0.725. The predicted molar refractivity (Wildman–Crippen MR) is 146 cm³/mol. The summed E-state index contributed by atoms with van der Waals surface area (Å²) in [5, 5.41) is 12.4. The van der Waals surface area contributed by atoms with Crippen molar-refractivity contribution in [3.63, 3.8) is 0 Å². The highest BCUT2D eigenvalue weighted by molar-refractivity contribution is 6.31. The maximum absolute atomic E-state index is 9.00. The number of halogens is 2. The van der Waals surface area contributed by atoms with E-state index in [0.29, 0.717) is 0 Å². The molecular formula is C28H25Cl2N3O2. The highest BCUT2D eigenvalue weighted by Crippen LogP contribution is 2.45. The Hall–Kier alpha value is -3.54. The SMILES string of the molecule is CC(=O)O.Cc1ccc2c(c1C)N(c1ccc(Cl)cc1)C1=CCC(Nc3ccc(Cl)cc3)=CC1=N2. The molecule has 1 aliphatic heterocycles. The van der Waals surface area contributed by atoms with Gasteiger partial charge in [0, 0.05) is 40.5 Å². The summed E-state index contributed by atoms with van der Waals surface area (Å²) in [6, 6.07) is 19.9. The van der Waals surface area contributed by atoms with Crippen molar-refractivity contribution in [3.8, 4) is 0 Å². The molecule has 0 atom stereocenters. The number of rotatable bonds is 3. The molecule has 3 aromatic rings. The first-order chi connectivity index (χ1) is 16.7. The van der Waals surface area contributed by atoms with Crippen LogP contribution in [0.15, 0.2) is 89.2 Å². The number of anilines is 3. The van der Waals surface area contributed by atoms with Gasteiger partial charge >= 0.3 is 0 Å². The molecule has 0 amide bonds. The number of aryl methyl sites for hydroxylation is 1. The summed E-state index contributed by atoms with van der Waals surface area (Å²) >= 11 is 12.2. The van der Waals surface area contributed by atoms with E-state index in [4.69, 9.17) is 38.1 Å². The van der Waals surface area contributed by atoms with Crippen LogP contribution in [0.4, 0.5) is 22.7 Å². The van der Waals surface area contributed by atoms with E-state index in [1.54, 1.807) is 0 Å². The van der Waals surface area contributed by atoms with Crippen LogP contribution in [0.2, 0.25) is 10.0 Å². The number of nitrogens with zero attached hydrogens (tertiary/aromatic N) is 2. The molecule has 0 aromatic heterocycles. The molecule has 2 N–H and O–H groups in total. The summed E-state index contributed by atoms with van der Waals surface area (Å²) in [6.45, 7) is 5.38. The molecular weight excluding hydrogens is 481 g/mol. The van der Waals surface area contributed by atoms with Crippen molar-refractivity contribution < 1.29 is 9.90 Å². The Balaban J connectivity index is 0.000000672. The fourth-order valence-electron chi connectivity index (χ4n) is 3.98. The van der Waals surface area contributed by atoms with Gasteiger partial charge in [0.25, 0.3) is 5.97 Å². The molecule has 178 valence electrons. The number of hydrogen-bond donors (Lipinski definition) is 2. The van der Waals surface area contributed by atoms with Crippen LogP contribution < -0.4 is 10.2 Å². The minimum Gasteiger partial charge on any atom is -0.481 e. The second-order valence-corrected chi connectivity index (χ2v) is 9.17. The molecule has 0 fully saturated rings. The summed E-state index contributed by atoms with van der Waals surface area (Å²) in [4.78, 5) is 16.3. The third-order valence-electron chi connectivity index (χ3n) is 5.71. The summed E-state index contributed by atoms with van der Waals surface area (Å²) in [6.07, 6.45) is 5.14. The Morgan fingerprint density at radius 2 is 1.57 bits per heavy atom. The lowest BCUT2D eigenvalue weighted by Gasteiger charge is -2.35. The number of nitrogens with one attached hydrogen (secondary N) is 1. The number of carboxylic acid groups (broad SMARTS) is 1. The second-order valence-electron chi connectivity index (χ2n) is 8.30. The molecule has 1 heterocycles. The van der Waals surface area contributed by atoms with E-state index in [1.165, 1.54) is 11.1 Å². The number of carboxylic acids is 1. The van der Waals surface area contributed by atoms with Crippen LogP contribution in [0.5, 0.6) is 0 Å². The number of aliphatic carboxylic acids is 1. The average Bonchev–Trinajstić information content (AvgIpc) is 2.82. The highest BCUT2D eigenvalue weighted by atomic mass is 35.5. The summed E-state index contributed by atoms with van der Waals surface area (Å²) in [7, 11) is 0. The molecule has 35 heavy (non-hydrogen) atoms. The van der Waals surface area contributed by atoms with Crippen molar-refractivity contribution in [2.75, 3.05) is 10.2 Å². The van der Waals surface area contributed by atoms with Crippen LogP contribution in [0.1, 0.15) is 24.5 Å². The number of allylic oxidation sites excluding steroid dienone is 2. The Morgan fingerprint density at radius 1 is 0.971 bits per heavy atom. The maximum Gasteiger partial charge on any atom is 0.300 e. The van der Waals surface area contributed by atoms with Gasteiger partial charge in [-0.3, -0.25) is 4.79 Å². The van der Waals surface area contributed by atoms with Gasteiger partial charge in [-0.05, 0) is 85.6 Å². The van der Waals surface area contributed by atoms with Crippen LogP contribution in [0, 0.1) is 13.8 Å². The molecule has 7 heteroatoms. The molecule has 5 nitrogen and oxygen atoms in total. The van der Waals surface area contributed by atoms with Gasteiger partial charge in [-0.2, -0.15) is 0 Å². The van der Waals surface area contributed by atoms with Gasteiger partial charge in [-0.25, -0.2) is 4.99 Å². The van der Waals surface area contributed by atoms with E-state index >= 15 is 0 Å². The van der Waals surface area contributed by atoms with Crippen molar-refractivity contribution in [2.45, 2.75) is 27.2 Å². The standard InChI is InChI=1S/C26H21Cl2N3.C2H4O2/c1-16-3-13-23-26(17(16)2)31(22-11-6-19(28)7-12-22)25-14-10-21(15-24(25)30-23)29-20-8-4-18(27)5-9-20;1-2(3)4/h3-9,11-15,29H,10H2,1-2H3;1H3,(H,3,4). The number of fused-ring (bicyclic) bond motifs is 2. The first-order valence-corrected chi connectivity index (χ1v) is 11.9. The zero-order valence-corrected chi connectivity index (χ0v) is 21.2. The van der Waals surface area contributed by atoms with Crippen LogP contribution in [-0.4, -0.2) is 16.8 Å². The van der Waals surface area contributed by atoms with Gasteiger partial charge in [-0.15, -0.1) is 0 Å². The fraction of sp³-hybridized carbons (Fsp3) is 0.143. The molecule has 3 aromatic carbocycles. The van der Waals surface area contributed by atoms with Crippen LogP contribution in [-0.2, 0) is 4.79 Å². The van der Waals surface area contributed by atoms with Gasteiger partial charge < -0.3 is 15.3 Å². The van der Waals surface area contributed by atoms with Gasteiger partial charge in [0.1, 0.15) is 0 Å². The third kappa shape index (κ3) is 5.59. The molecule has 1 aliphatic carbocycles. The van der Waals surface area contributed by atoms with E-state index in [0.717, 1.165) is 63.2 Å². The lowest BCUT2D eigenvalue weighted by Crippen LogP contribution is -2.28. The first kappa shape index (κ1) is 24.6. The first-order valence-electron chi connectivity index (χ1n) is 11.1. The Morgan fingerprint density at radius 3 is 2.20 bits per heavy atom. The van der Waals surface area contributed by atoms with Crippen LogP contribution in [0.25, 0.3) is 0 Å². The molecule has 5 rings (SSSR count). The van der Waals surface area contributed by atoms with Crippen LogP contribution in [0.3, 0.4) is 0 Å². The van der Waals surface area contributed by atoms with Crippen molar-refractivity contribution in [1.82, 2.24) is 0 Å². The summed E-state index contributed by atoms with van der Waals surface area (Å²) in [5.74, 6) is -0.833. The topological polar surface area (TPSA) is 64.9 Å². The number of hydrogen-bond acceptors (Lipinski definition) is 4. The molecule has 2 aliphatic rings. The minimum atomic E-state index is -0.833. The van der Waals surface area contributed by atoms with Crippen molar-refractivity contribution in [3.05, 3.63) is 105 Å². The quantitative estimate of drug-likeness (QED) is 0.376. The average molecular weight is 506 g/mol. The number of benzene rings is 3. The van der Waals surface area contributed by atoms with Crippen molar-refractivity contribution >= 4 is 57.6 Å². The molecule has 0 saturated carbocycles. The molecule has 0 spiro atoms. The lowest BCUT2D eigenvalue weighted by molar-refractivity contribution is -0.134. The smallest absolute Gasteiger partial charge is 0.300 e.